The molecule has 0 radical (unpaired) electrons. The fourth-order valence-corrected chi connectivity index (χ4v) is 4.13. The molecule has 6 heteroatoms. The van der Waals surface area contributed by atoms with Crippen molar-refractivity contribution in [3.8, 4) is 0 Å². The number of amides is 1. The lowest BCUT2D eigenvalue weighted by molar-refractivity contribution is -0.0228. The highest BCUT2D eigenvalue weighted by atomic mass is 32.1. The molecule has 0 bridgehead atoms. The molecule has 0 atom stereocenters. The smallest absolute Gasteiger partial charge is 0.345 e. The third-order valence-electron chi connectivity index (χ3n) is 4.53. The van der Waals surface area contributed by atoms with Crippen LogP contribution in [0.1, 0.15) is 45.0 Å². The van der Waals surface area contributed by atoms with Crippen LogP contribution >= 0.6 is 11.3 Å². The van der Waals surface area contributed by atoms with Crippen molar-refractivity contribution >= 4 is 23.2 Å². The van der Waals surface area contributed by atoms with Crippen LogP contribution in [0, 0.1) is 5.41 Å². The van der Waals surface area contributed by atoms with E-state index in [1.54, 1.807) is 6.07 Å². The maximum absolute atomic E-state index is 12.6. The monoisotopic (exact) mass is 309 g/mol. The number of rotatable bonds is 2. The van der Waals surface area contributed by atoms with Crippen LogP contribution < -0.4 is 0 Å². The fourth-order valence-electron chi connectivity index (χ4n) is 3.32. The zero-order valence-corrected chi connectivity index (χ0v) is 12.7. The summed E-state index contributed by atoms with van der Waals surface area (Å²) in [5, 5.41) is 8.96. The summed E-state index contributed by atoms with van der Waals surface area (Å²) in [6, 6.07) is 3.14. The Hall–Kier alpha value is -1.40. The lowest BCUT2D eigenvalue weighted by Crippen LogP contribution is -2.48. The van der Waals surface area contributed by atoms with E-state index in [1.165, 1.54) is 6.07 Å². The summed E-state index contributed by atoms with van der Waals surface area (Å²) in [4.78, 5) is 26.1. The molecular formula is C15H19NO4S. The highest BCUT2D eigenvalue weighted by Crippen LogP contribution is 2.39. The number of carboxylic acid groups (broad SMARTS) is 1. The molecule has 0 aromatic carbocycles. The van der Waals surface area contributed by atoms with Crippen LogP contribution in [0.15, 0.2) is 12.1 Å². The Bertz CT molecular complexity index is 542. The molecule has 5 nitrogen and oxygen atoms in total. The maximum Gasteiger partial charge on any atom is 0.345 e. The summed E-state index contributed by atoms with van der Waals surface area (Å²) in [6.07, 6.45) is 4.21. The SMILES string of the molecule is O=C(O)c1ccc(C(=O)N2CCCC3(CCOCC3)C2)s1. The predicted octanol–water partition coefficient (Wildman–Crippen LogP) is 2.48. The Morgan fingerprint density at radius 1 is 1.19 bits per heavy atom. The molecule has 1 amide bonds. The Kier molecular flexibility index (Phi) is 3.99. The number of nitrogens with zero attached hydrogens (tertiary/aromatic N) is 1. The lowest BCUT2D eigenvalue weighted by atomic mass is 9.74. The second-order valence-corrected chi connectivity index (χ2v) is 7.00. The van der Waals surface area contributed by atoms with Crippen LogP contribution in [0.3, 0.4) is 0 Å². The molecule has 3 heterocycles. The van der Waals surface area contributed by atoms with Crippen LogP contribution in [0.5, 0.6) is 0 Å². The molecule has 1 N–H and O–H groups in total. The fraction of sp³-hybridized carbons (Fsp3) is 0.600. The Labute approximate surface area is 127 Å². The average molecular weight is 309 g/mol. The van der Waals surface area contributed by atoms with Gasteiger partial charge in [0.1, 0.15) is 4.88 Å². The van der Waals surface area contributed by atoms with Gasteiger partial charge < -0.3 is 14.7 Å². The lowest BCUT2D eigenvalue weighted by Gasteiger charge is -2.45. The van der Waals surface area contributed by atoms with Gasteiger partial charge in [0, 0.05) is 26.3 Å². The van der Waals surface area contributed by atoms with E-state index in [0.717, 1.165) is 63.3 Å². The van der Waals surface area contributed by atoms with Crippen molar-refractivity contribution < 1.29 is 19.4 Å². The van der Waals surface area contributed by atoms with Gasteiger partial charge in [0.15, 0.2) is 0 Å². The van der Waals surface area contributed by atoms with Gasteiger partial charge >= 0.3 is 5.97 Å². The molecule has 2 saturated heterocycles. The number of likely N-dealkylation sites (tertiary alicyclic amines) is 1. The van der Waals surface area contributed by atoms with Gasteiger partial charge in [-0.1, -0.05) is 0 Å². The summed E-state index contributed by atoms with van der Waals surface area (Å²) >= 11 is 1.06. The standard InChI is InChI=1S/C15H19NO4S/c17-13(11-2-3-12(21-11)14(18)19)16-7-1-4-15(10-16)5-8-20-9-6-15/h2-3H,1,4-10H2,(H,18,19). The van der Waals surface area contributed by atoms with Gasteiger partial charge in [-0.05, 0) is 43.2 Å². The van der Waals surface area contributed by atoms with Gasteiger partial charge in [-0.3, -0.25) is 4.79 Å². The van der Waals surface area contributed by atoms with Crippen molar-refractivity contribution in [3.05, 3.63) is 21.9 Å². The summed E-state index contributed by atoms with van der Waals surface area (Å²) in [6.45, 7) is 3.10. The molecule has 0 aliphatic carbocycles. The molecule has 0 unspecified atom stereocenters. The molecule has 1 aromatic heterocycles. The van der Waals surface area contributed by atoms with E-state index in [4.69, 9.17) is 9.84 Å². The normalized spacial score (nSPS) is 21.4. The van der Waals surface area contributed by atoms with Crippen molar-refractivity contribution in [1.82, 2.24) is 4.90 Å². The first-order valence-electron chi connectivity index (χ1n) is 7.30. The molecule has 114 valence electrons. The zero-order valence-electron chi connectivity index (χ0n) is 11.8. The molecule has 21 heavy (non-hydrogen) atoms. The van der Waals surface area contributed by atoms with Crippen molar-refractivity contribution in [2.45, 2.75) is 25.7 Å². The van der Waals surface area contributed by atoms with Crippen LogP contribution in [0.2, 0.25) is 0 Å². The second-order valence-electron chi connectivity index (χ2n) is 5.91. The number of piperidine rings is 1. The highest BCUT2D eigenvalue weighted by Gasteiger charge is 2.38. The first-order chi connectivity index (χ1) is 10.1. The predicted molar refractivity (Wildman–Crippen MR) is 78.9 cm³/mol. The van der Waals surface area contributed by atoms with Crippen molar-refractivity contribution in [2.75, 3.05) is 26.3 Å². The number of thiophene rings is 1. The molecule has 1 aromatic rings. The Morgan fingerprint density at radius 2 is 1.90 bits per heavy atom. The van der Waals surface area contributed by atoms with E-state index >= 15 is 0 Å². The number of hydrogen-bond donors (Lipinski definition) is 1. The van der Waals surface area contributed by atoms with Gasteiger partial charge in [0.05, 0.1) is 4.88 Å². The van der Waals surface area contributed by atoms with E-state index < -0.39 is 5.97 Å². The minimum atomic E-state index is -0.974. The molecular weight excluding hydrogens is 290 g/mol. The first kappa shape index (κ1) is 14.5. The van der Waals surface area contributed by atoms with E-state index in [2.05, 4.69) is 0 Å². The third kappa shape index (κ3) is 2.96. The minimum Gasteiger partial charge on any atom is -0.477 e. The van der Waals surface area contributed by atoms with Gasteiger partial charge in [-0.25, -0.2) is 4.79 Å². The zero-order chi connectivity index (χ0) is 14.9. The molecule has 3 rings (SSSR count). The van der Waals surface area contributed by atoms with Crippen LogP contribution in [-0.2, 0) is 4.74 Å². The average Bonchev–Trinajstić information content (AvgIpc) is 2.97. The third-order valence-corrected chi connectivity index (χ3v) is 5.59. The summed E-state index contributed by atoms with van der Waals surface area (Å²) < 4.78 is 5.44. The molecule has 2 aliphatic rings. The minimum absolute atomic E-state index is 0.0296. The van der Waals surface area contributed by atoms with E-state index in [0.29, 0.717) is 4.88 Å². The Balaban J connectivity index is 1.73. The highest BCUT2D eigenvalue weighted by molar-refractivity contribution is 7.15. The topological polar surface area (TPSA) is 66.8 Å². The van der Waals surface area contributed by atoms with Gasteiger partial charge in [-0.15, -0.1) is 11.3 Å². The molecule has 2 fully saturated rings. The number of carboxylic acids is 1. The molecule has 0 saturated carbocycles. The van der Waals surface area contributed by atoms with E-state index in [1.807, 2.05) is 4.90 Å². The van der Waals surface area contributed by atoms with E-state index in [-0.39, 0.29) is 16.2 Å². The van der Waals surface area contributed by atoms with E-state index in [9.17, 15) is 9.59 Å². The number of hydrogen-bond acceptors (Lipinski definition) is 4. The quantitative estimate of drug-likeness (QED) is 0.911. The molecule has 2 aliphatic heterocycles. The number of aromatic carboxylic acids is 1. The van der Waals surface area contributed by atoms with Gasteiger partial charge in [0.2, 0.25) is 0 Å². The van der Waals surface area contributed by atoms with Gasteiger partial charge in [0.25, 0.3) is 5.91 Å². The maximum atomic E-state index is 12.6. The number of carbonyl (C=O) groups excluding carboxylic acids is 1. The van der Waals surface area contributed by atoms with Crippen LogP contribution in [-0.4, -0.2) is 48.2 Å². The second kappa shape index (κ2) is 5.77. The van der Waals surface area contributed by atoms with Crippen molar-refractivity contribution in [3.63, 3.8) is 0 Å². The number of carbonyl (C=O) groups is 2. The van der Waals surface area contributed by atoms with Gasteiger partial charge in [-0.2, -0.15) is 0 Å². The summed E-state index contributed by atoms with van der Waals surface area (Å²) in [5.41, 5.74) is 0.207. The summed E-state index contributed by atoms with van der Waals surface area (Å²) in [7, 11) is 0. The largest absolute Gasteiger partial charge is 0.477 e. The van der Waals surface area contributed by atoms with Crippen molar-refractivity contribution in [1.29, 1.82) is 0 Å². The van der Waals surface area contributed by atoms with Crippen LogP contribution in [0.4, 0.5) is 0 Å². The number of ether oxygens (including phenoxy) is 1. The van der Waals surface area contributed by atoms with Crippen molar-refractivity contribution in [2.24, 2.45) is 5.41 Å². The first-order valence-corrected chi connectivity index (χ1v) is 8.11. The Morgan fingerprint density at radius 3 is 2.57 bits per heavy atom. The summed E-state index contributed by atoms with van der Waals surface area (Å²) in [5.74, 6) is -1.00. The van der Waals surface area contributed by atoms with Crippen LogP contribution in [0.25, 0.3) is 0 Å². The molecule has 1 spiro atoms.